The second kappa shape index (κ2) is 5.23. The lowest BCUT2D eigenvalue weighted by atomic mass is 10.1. The topological polar surface area (TPSA) is 40.5 Å². The lowest BCUT2D eigenvalue weighted by Crippen LogP contribution is -2.38. The van der Waals surface area contributed by atoms with Crippen LogP contribution in [-0.4, -0.2) is 35.4 Å². The van der Waals surface area contributed by atoms with E-state index in [4.69, 9.17) is 0 Å². The van der Waals surface area contributed by atoms with E-state index < -0.39 is 6.10 Å². The fourth-order valence-corrected chi connectivity index (χ4v) is 2.09. The molecule has 0 amide bonds. The Kier molecular flexibility index (Phi) is 3.70. The highest BCUT2D eigenvalue weighted by molar-refractivity contribution is 5.81. The minimum absolute atomic E-state index is 0.284. The summed E-state index contributed by atoms with van der Waals surface area (Å²) in [4.78, 5) is 13.3. The van der Waals surface area contributed by atoms with Crippen LogP contribution in [0.25, 0.3) is 0 Å². The molecule has 3 heteroatoms. The number of rotatable bonds is 3. The molecule has 16 heavy (non-hydrogen) atoms. The zero-order valence-corrected chi connectivity index (χ0v) is 9.30. The number of aliphatic hydroxyl groups excluding tert-OH is 1. The van der Waals surface area contributed by atoms with E-state index >= 15 is 0 Å². The summed E-state index contributed by atoms with van der Waals surface area (Å²) >= 11 is 0. The molecule has 1 saturated heterocycles. The van der Waals surface area contributed by atoms with Crippen LogP contribution in [0.1, 0.15) is 24.5 Å². The van der Waals surface area contributed by atoms with Crippen LogP contribution < -0.4 is 0 Å². The SMILES string of the molecule is O=C1CCCN(CC(O)c2ccccc2)C1. The normalized spacial score (nSPS) is 19.7. The maximum atomic E-state index is 11.3. The number of ketones is 1. The van der Waals surface area contributed by atoms with Gasteiger partial charge in [0, 0.05) is 13.0 Å². The van der Waals surface area contributed by atoms with E-state index in [-0.39, 0.29) is 5.78 Å². The first kappa shape index (κ1) is 11.3. The minimum atomic E-state index is -0.493. The van der Waals surface area contributed by atoms with Gasteiger partial charge < -0.3 is 5.11 Å². The van der Waals surface area contributed by atoms with Crippen LogP contribution in [0.5, 0.6) is 0 Å². The summed E-state index contributed by atoms with van der Waals surface area (Å²) in [5.41, 5.74) is 0.917. The molecule has 1 unspecified atom stereocenters. The van der Waals surface area contributed by atoms with Gasteiger partial charge in [0.2, 0.25) is 0 Å². The van der Waals surface area contributed by atoms with Crippen molar-refractivity contribution in [3.63, 3.8) is 0 Å². The summed E-state index contributed by atoms with van der Waals surface area (Å²) in [5.74, 6) is 0.284. The lowest BCUT2D eigenvalue weighted by Gasteiger charge is -2.27. The summed E-state index contributed by atoms with van der Waals surface area (Å²) in [7, 11) is 0. The fourth-order valence-electron chi connectivity index (χ4n) is 2.09. The largest absolute Gasteiger partial charge is 0.387 e. The Hall–Kier alpha value is -1.19. The number of Topliss-reactive ketones (excluding diaryl/α,β-unsaturated/α-hetero) is 1. The number of likely N-dealkylation sites (tertiary alicyclic amines) is 1. The molecule has 1 heterocycles. The summed E-state index contributed by atoms with van der Waals surface area (Å²) in [6.45, 7) is 1.95. The van der Waals surface area contributed by atoms with Crippen LogP contribution >= 0.6 is 0 Å². The first-order valence-corrected chi connectivity index (χ1v) is 5.73. The van der Waals surface area contributed by atoms with Crippen LogP contribution in [0.3, 0.4) is 0 Å². The summed E-state index contributed by atoms with van der Waals surface area (Å²) < 4.78 is 0. The van der Waals surface area contributed by atoms with Gasteiger partial charge in [-0.1, -0.05) is 30.3 Å². The Morgan fingerprint density at radius 1 is 1.31 bits per heavy atom. The molecule has 1 atom stereocenters. The minimum Gasteiger partial charge on any atom is -0.387 e. The van der Waals surface area contributed by atoms with Gasteiger partial charge in [0.1, 0.15) is 5.78 Å². The molecule has 0 aromatic heterocycles. The number of hydrogen-bond donors (Lipinski definition) is 1. The highest BCUT2D eigenvalue weighted by atomic mass is 16.3. The predicted molar refractivity (Wildman–Crippen MR) is 62.1 cm³/mol. The average molecular weight is 219 g/mol. The van der Waals surface area contributed by atoms with Gasteiger partial charge in [-0.3, -0.25) is 9.69 Å². The van der Waals surface area contributed by atoms with Crippen molar-refractivity contribution >= 4 is 5.78 Å². The maximum Gasteiger partial charge on any atom is 0.146 e. The van der Waals surface area contributed by atoms with Crippen molar-refractivity contribution in [2.45, 2.75) is 18.9 Å². The molecule has 0 radical (unpaired) electrons. The van der Waals surface area contributed by atoms with Crippen molar-refractivity contribution in [2.24, 2.45) is 0 Å². The van der Waals surface area contributed by atoms with Crippen LogP contribution in [0, 0.1) is 0 Å². The highest BCUT2D eigenvalue weighted by Crippen LogP contribution is 2.15. The molecule has 1 aromatic rings. The average Bonchev–Trinajstić information content (AvgIpc) is 2.30. The van der Waals surface area contributed by atoms with Gasteiger partial charge in [0.05, 0.1) is 12.6 Å². The quantitative estimate of drug-likeness (QED) is 0.835. The molecule has 1 fully saturated rings. The standard InChI is InChI=1S/C13H17NO2/c15-12-7-4-8-14(9-12)10-13(16)11-5-2-1-3-6-11/h1-3,5-6,13,16H,4,7-10H2. The molecule has 1 aromatic carbocycles. The van der Waals surface area contributed by atoms with E-state index in [1.807, 2.05) is 35.2 Å². The molecule has 1 N–H and O–H groups in total. The second-order valence-electron chi connectivity index (χ2n) is 4.30. The third-order valence-corrected chi connectivity index (χ3v) is 2.95. The van der Waals surface area contributed by atoms with Crippen molar-refractivity contribution in [1.29, 1.82) is 0 Å². The maximum absolute atomic E-state index is 11.3. The van der Waals surface area contributed by atoms with Crippen molar-refractivity contribution in [2.75, 3.05) is 19.6 Å². The fraction of sp³-hybridized carbons (Fsp3) is 0.462. The Bertz CT molecular complexity index is 350. The molecule has 0 aliphatic carbocycles. The Morgan fingerprint density at radius 2 is 2.06 bits per heavy atom. The third kappa shape index (κ3) is 2.90. The number of hydrogen-bond acceptors (Lipinski definition) is 3. The van der Waals surface area contributed by atoms with E-state index in [2.05, 4.69) is 0 Å². The predicted octanol–water partition coefficient (Wildman–Crippen LogP) is 1.38. The molecular weight excluding hydrogens is 202 g/mol. The van der Waals surface area contributed by atoms with Gasteiger partial charge in [-0.25, -0.2) is 0 Å². The van der Waals surface area contributed by atoms with Gasteiger partial charge in [-0.05, 0) is 18.5 Å². The van der Waals surface area contributed by atoms with Crippen LogP contribution in [0.4, 0.5) is 0 Å². The number of piperidine rings is 1. The number of carbonyl (C=O) groups is 1. The van der Waals surface area contributed by atoms with Crippen molar-refractivity contribution < 1.29 is 9.90 Å². The van der Waals surface area contributed by atoms with Crippen LogP contribution in [0.2, 0.25) is 0 Å². The van der Waals surface area contributed by atoms with E-state index in [9.17, 15) is 9.90 Å². The Balaban J connectivity index is 1.92. The molecule has 1 aliphatic heterocycles. The molecule has 2 rings (SSSR count). The number of aliphatic hydroxyl groups is 1. The monoisotopic (exact) mass is 219 g/mol. The van der Waals surface area contributed by atoms with Crippen LogP contribution in [0.15, 0.2) is 30.3 Å². The Morgan fingerprint density at radius 3 is 2.75 bits per heavy atom. The van der Waals surface area contributed by atoms with Gasteiger partial charge in [-0.15, -0.1) is 0 Å². The third-order valence-electron chi connectivity index (χ3n) is 2.95. The van der Waals surface area contributed by atoms with Crippen molar-refractivity contribution in [3.05, 3.63) is 35.9 Å². The first-order valence-electron chi connectivity index (χ1n) is 5.73. The first-order chi connectivity index (χ1) is 7.75. The molecule has 0 bridgehead atoms. The molecule has 0 spiro atoms. The zero-order chi connectivity index (χ0) is 11.4. The summed E-state index contributed by atoms with van der Waals surface area (Å²) in [6, 6.07) is 9.59. The summed E-state index contributed by atoms with van der Waals surface area (Å²) in [6.07, 6.45) is 1.12. The summed E-state index contributed by atoms with van der Waals surface area (Å²) in [5, 5.41) is 10.0. The zero-order valence-electron chi connectivity index (χ0n) is 9.30. The van der Waals surface area contributed by atoms with Crippen molar-refractivity contribution in [3.8, 4) is 0 Å². The van der Waals surface area contributed by atoms with Gasteiger partial charge >= 0.3 is 0 Å². The molecule has 86 valence electrons. The Labute approximate surface area is 95.7 Å². The lowest BCUT2D eigenvalue weighted by molar-refractivity contribution is -0.122. The van der Waals surface area contributed by atoms with E-state index in [0.29, 0.717) is 19.5 Å². The van der Waals surface area contributed by atoms with Crippen molar-refractivity contribution in [1.82, 2.24) is 4.90 Å². The van der Waals surface area contributed by atoms with Crippen LogP contribution in [-0.2, 0) is 4.79 Å². The number of carbonyl (C=O) groups excluding carboxylic acids is 1. The molecule has 1 aliphatic rings. The molecule has 0 saturated carbocycles. The van der Waals surface area contributed by atoms with E-state index in [0.717, 1.165) is 18.5 Å². The van der Waals surface area contributed by atoms with E-state index in [1.54, 1.807) is 0 Å². The highest BCUT2D eigenvalue weighted by Gasteiger charge is 2.19. The van der Waals surface area contributed by atoms with Gasteiger partial charge in [0.15, 0.2) is 0 Å². The van der Waals surface area contributed by atoms with E-state index in [1.165, 1.54) is 0 Å². The molecule has 3 nitrogen and oxygen atoms in total. The van der Waals surface area contributed by atoms with Gasteiger partial charge in [0.25, 0.3) is 0 Å². The smallest absolute Gasteiger partial charge is 0.146 e. The van der Waals surface area contributed by atoms with Gasteiger partial charge in [-0.2, -0.15) is 0 Å². The number of benzene rings is 1. The number of β-amino-alcohol motifs (C(OH)–C–C–N with tert-alkyl or cyclic N) is 1. The second-order valence-corrected chi connectivity index (χ2v) is 4.30. The molecular formula is C13H17NO2. The number of nitrogens with zero attached hydrogens (tertiary/aromatic N) is 1.